The van der Waals surface area contributed by atoms with E-state index in [1.54, 1.807) is 12.3 Å². The van der Waals surface area contributed by atoms with Crippen LogP contribution in [0.4, 0.5) is 16.6 Å². The van der Waals surface area contributed by atoms with Crippen LogP contribution in [0.2, 0.25) is 0 Å². The van der Waals surface area contributed by atoms with Crippen LogP contribution in [0.3, 0.4) is 0 Å². The number of aryl methyl sites for hydroxylation is 1. The molecule has 0 aromatic carbocycles. The lowest BCUT2D eigenvalue weighted by molar-refractivity contribution is 0.103. The lowest BCUT2D eigenvalue weighted by atomic mass is 10.3. The molecule has 6 nitrogen and oxygen atoms in total. The van der Waals surface area contributed by atoms with E-state index in [1.807, 2.05) is 26.8 Å². The highest BCUT2D eigenvalue weighted by Gasteiger charge is 2.16. The Kier molecular flexibility index (Phi) is 4.19. The molecule has 0 atom stereocenters. The van der Waals surface area contributed by atoms with Crippen molar-refractivity contribution in [2.45, 2.75) is 26.8 Å². The van der Waals surface area contributed by atoms with E-state index in [2.05, 4.69) is 20.6 Å². The Morgan fingerprint density at radius 3 is 2.75 bits per heavy atom. The van der Waals surface area contributed by atoms with Crippen LogP contribution in [0.25, 0.3) is 0 Å². The first-order chi connectivity index (χ1) is 9.45. The van der Waals surface area contributed by atoms with Crippen LogP contribution in [0.15, 0.2) is 18.3 Å². The van der Waals surface area contributed by atoms with Gasteiger partial charge in [-0.3, -0.25) is 9.78 Å². The quantitative estimate of drug-likeness (QED) is 0.804. The third-order valence-electron chi connectivity index (χ3n) is 2.44. The summed E-state index contributed by atoms with van der Waals surface area (Å²) < 4.78 is 0. The smallest absolute Gasteiger partial charge is 0.269 e. The number of anilines is 3. The van der Waals surface area contributed by atoms with Crippen molar-refractivity contribution in [2.24, 2.45) is 0 Å². The van der Waals surface area contributed by atoms with Gasteiger partial charge in [0.15, 0.2) is 5.13 Å². The summed E-state index contributed by atoms with van der Waals surface area (Å²) in [6.07, 6.45) is 1.61. The summed E-state index contributed by atoms with van der Waals surface area (Å²) in [5.74, 6) is -0.0434. The van der Waals surface area contributed by atoms with Gasteiger partial charge in [0, 0.05) is 11.7 Å². The zero-order valence-corrected chi connectivity index (χ0v) is 12.4. The van der Waals surface area contributed by atoms with Gasteiger partial charge < -0.3 is 16.4 Å². The topological polar surface area (TPSA) is 92.9 Å². The first-order valence-corrected chi connectivity index (χ1v) is 7.04. The van der Waals surface area contributed by atoms with Gasteiger partial charge in [-0.1, -0.05) is 11.3 Å². The van der Waals surface area contributed by atoms with Gasteiger partial charge in [-0.2, -0.15) is 0 Å². The summed E-state index contributed by atoms with van der Waals surface area (Å²) in [5, 5.41) is 6.52. The average Bonchev–Trinajstić information content (AvgIpc) is 2.72. The molecule has 0 bridgehead atoms. The fraction of sp³-hybridized carbons (Fsp3) is 0.308. The largest absolute Gasteiger partial charge is 0.382 e. The Bertz CT molecular complexity index is 606. The van der Waals surface area contributed by atoms with Crippen molar-refractivity contribution in [3.63, 3.8) is 0 Å². The van der Waals surface area contributed by atoms with Gasteiger partial charge in [0.25, 0.3) is 5.91 Å². The number of amides is 1. The minimum atomic E-state index is -0.276. The summed E-state index contributed by atoms with van der Waals surface area (Å²) in [4.78, 5) is 20.8. The first kappa shape index (κ1) is 14.3. The lowest BCUT2D eigenvalue weighted by Crippen LogP contribution is -2.12. The maximum Gasteiger partial charge on any atom is 0.269 e. The standard InChI is InChI=1S/C13H17N5OS/c1-7(2)16-13-18-11(14)10(20-13)12(19)17-9-5-4-8(3)15-6-9/h4-7H,14H2,1-3H3,(H,16,18)(H,17,19). The molecule has 0 aliphatic heterocycles. The number of carbonyl (C=O) groups is 1. The van der Waals surface area contributed by atoms with E-state index in [-0.39, 0.29) is 17.8 Å². The van der Waals surface area contributed by atoms with E-state index in [9.17, 15) is 4.79 Å². The van der Waals surface area contributed by atoms with Crippen molar-refractivity contribution in [3.8, 4) is 0 Å². The second-order valence-corrected chi connectivity index (χ2v) is 5.67. The van der Waals surface area contributed by atoms with Gasteiger partial charge in [-0.15, -0.1) is 0 Å². The number of nitrogens with two attached hydrogens (primary N) is 1. The molecule has 2 heterocycles. The van der Waals surface area contributed by atoms with Gasteiger partial charge in [-0.25, -0.2) is 4.98 Å². The monoisotopic (exact) mass is 291 g/mol. The maximum atomic E-state index is 12.1. The minimum Gasteiger partial charge on any atom is -0.382 e. The second-order valence-electron chi connectivity index (χ2n) is 4.67. The summed E-state index contributed by atoms with van der Waals surface area (Å²) in [6.45, 7) is 5.88. The average molecular weight is 291 g/mol. The molecule has 0 fully saturated rings. The van der Waals surface area contributed by atoms with Gasteiger partial charge in [0.2, 0.25) is 0 Å². The SMILES string of the molecule is Cc1ccc(NC(=O)c2sc(NC(C)C)nc2N)cn1. The van der Waals surface area contributed by atoms with Gasteiger partial charge in [0.05, 0.1) is 11.9 Å². The van der Waals surface area contributed by atoms with Crippen molar-refractivity contribution in [1.29, 1.82) is 0 Å². The van der Waals surface area contributed by atoms with Crippen LogP contribution in [0.1, 0.15) is 29.2 Å². The fourth-order valence-electron chi connectivity index (χ4n) is 1.53. The third kappa shape index (κ3) is 3.45. The Morgan fingerprint density at radius 1 is 1.40 bits per heavy atom. The number of rotatable bonds is 4. The fourth-order valence-corrected chi connectivity index (χ4v) is 2.46. The molecule has 1 amide bonds. The van der Waals surface area contributed by atoms with E-state index in [0.717, 1.165) is 5.69 Å². The van der Waals surface area contributed by atoms with Crippen molar-refractivity contribution in [2.75, 3.05) is 16.4 Å². The van der Waals surface area contributed by atoms with Crippen LogP contribution in [-0.4, -0.2) is 21.9 Å². The first-order valence-electron chi connectivity index (χ1n) is 6.22. The molecule has 0 spiro atoms. The molecule has 4 N–H and O–H groups in total. The van der Waals surface area contributed by atoms with Crippen LogP contribution in [-0.2, 0) is 0 Å². The Morgan fingerprint density at radius 2 is 2.15 bits per heavy atom. The third-order valence-corrected chi connectivity index (χ3v) is 3.44. The van der Waals surface area contributed by atoms with E-state index >= 15 is 0 Å². The summed E-state index contributed by atoms with van der Waals surface area (Å²) in [6, 6.07) is 3.86. The van der Waals surface area contributed by atoms with Crippen molar-refractivity contribution in [3.05, 3.63) is 28.9 Å². The van der Waals surface area contributed by atoms with Crippen LogP contribution >= 0.6 is 11.3 Å². The molecule has 2 aromatic heterocycles. The molecule has 0 unspecified atom stereocenters. The van der Waals surface area contributed by atoms with Crippen LogP contribution in [0.5, 0.6) is 0 Å². The number of hydrogen-bond donors (Lipinski definition) is 3. The molecule has 2 rings (SSSR count). The highest BCUT2D eigenvalue weighted by atomic mass is 32.1. The number of nitrogens with one attached hydrogen (secondary N) is 2. The van der Waals surface area contributed by atoms with Gasteiger partial charge in [-0.05, 0) is 32.9 Å². The number of hydrogen-bond acceptors (Lipinski definition) is 6. The summed E-state index contributed by atoms with van der Waals surface area (Å²) in [5.41, 5.74) is 7.30. The zero-order chi connectivity index (χ0) is 14.7. The van der Waals surface area contributed by atoms with E-state index < -0.39 is 0 Å². The molecule has 0 saturated heterocycles. The zero-order valence-electron chi connectivity index (χ0n) is 11.6. The Labute approximate surface area is 121 Å². The number of carbonyl (C=O) groups excluding carboxylic acids is 1. The number of pyridine rings is 1. The van der Waals surface area contributed by atoms with Crippen molar-refractivity contribution < 1.29 is 4.79 Å². The summed E-state index contributed by atoms with van der Waals surface area (Å²) >= 11 is 1.24. The number of aromatic nitrogens is 2. The normalized spacial score (nSPS) is 10.6. The van der Waals surface area contributed by atoms with Crippen LogP contribution in [0, 0.1) is 6.92 Å². The van der Waals surface area contributed by atoms with Crippen molar-refractivity contribution in [1.82, 2.24) is 9.97 Å². The predicted octanol–water partition coefficient (Wildman–Crippen LogP) is 2.50. The molecule has 106 valence electrons. The molecule has 0 aliphatic carbocycles. The predicted molar refractivity (Wildman–Crippen MR) is 82.2 cm³/mol. The summed E-state index contributed by atoms with van der Waals surface area (Å²) in [7, 11) is 0. The maximum absolute atomic E-state index is 12.1. The number of thiazole rings is 1. The van der Waals surface area contributed by atoms with Crippen LogP contribution < -0.4 is 16.4 Å². The molecular formula is C13H17N5OS. The Balaban J connectivity index is 2.12. The van der Waals surface area contributed by atoms with Gasteiger partial charge >= 0.3 is 0 Å². The minimum absolute atomic E-state index is 0.232. The highest BCUT2D eigenvalue weighted by molar-refractivity contribution is 7.18. The molecule has 7 heteroatoms. The van der Waals surface area contributed by atoms with E-state index in [1.165, 1.54) is 11.3 Å². The number of nitrogens with zero attached hydrogens (tertiary/aromatic N) is 2. The Hall–Kier alpha value is -2.15. The van der Waals surface area contributed by atoms with Crippen molar-refractivity contribution >= 4 is 33.9 Å². The molecule has 20 heavy (non-hydrogen) atoms. The molecule has 0 saturated carbocycles. The highest BCUT2D eigenvalue weighted by Crippen LogP contribution is 2.26. The molecular weight excluding hydrogens is 274 g/mol. The second kappa shape index (κ2) is 5.87. The lowest BCUT2D eigenvalue weighted by Gasteiger charge is -2.04. The van der Waals surface area contributed by atoms with E-state index in [0.29, 0.717) is 15.7 Å². The molecule has 0 radical (unpaired) electrons. The molecule has 2 aromatic rings. The molecule has 0 aliphatic rings. The number of nitrogen functional groups attached to an aromatic ring is 1. The van der Waals surface area contributed by atoms with Gasteiger partial charge in [0.1, 0.15) is 10.7 Å². The van der Waals surface area contributed by atoms with E-state index in [4.69, 9.17) is 5.73 Å².